The average molecular weight is 618 g/mol. The molecule has 0 bridgehead atoms. The zero-order valence-electron chi connectivity index (χ0n) is 27.5. The van der Waals surface area contributed by atoms with Gasteiger partial charge in [-0.05, 0) is 108 Å². The number of nitrogens with zero attached hydrogens (tertiary/aromatic N) is 1. The lowest BCUT2D eigenvalue weighted by Gasteiger charge is -2.34. The first kappa shape index (κ1) is 32.0. The van der Waals surface area contributed by atoms with Crippen molar-refractivity contribution in [3.05, 3.63) is 71.3 Å². The Bertz CT molecular complexity index is 1610. The summed E-state index contributed by atoms with van der Waals surface area (Å²) < 4.78 is 29.4. The van der Waals surface area contributed by atoms with Crippen molar-refractivity contribution in [2.45, 2.75) is 77.7 Å². The summed E-state index contributed by atoms with van der Waals surface area (Å²) in [5, 5.41) is 5.74. The molecule has 2 N–H and O–H groups in total. The first-order chi connectivity index (χ1) is 21.1. The van der Waals surface area contributed by atoms with Gasteiger partial charge in [0.1, 0.15) is 28.9 Å². The second-order valence-electron chi connectivity index (χ2n) is 13.4. The highest BCUT2D eigenvalue weighted by molar-refractivity contribution is 5.89. The molecular weight excluding hydrogens is 574 g/mol. The summed E-state index contributed by atoms with van der Waals surface area (Å²) in [6.45, 7) is 13.5. The normalized spacial score (nSPS) is 19.0. The Morgan fingerprint density at radius 1 is 0.778 bits per heavy atom. The van der Waals surface area contributed by atoms with Crippen LogP contribution in [-0.2, 0) is 19.6 Å². The van der Waals surface area contributed by atoms with E-state index >= 15 is 0 Å². The first-order valence-corrected chi connectivity index (χ1v) is 15.0. The van der Waals surface area contributed by atoms with Crippen LogP contribution in [0.15, 0.2) is 54.6 Å². The van der Waals surface area contributed by atoms with Crippen molar-refractivity contribution in [2.24, 2.45) is 0 Å². The molecule has 0 spiro atoms. The number of carbonyl (C=O) groups is 2. The number of anilines is 4. The minimum Gasteiger partial charge on any atom is -0.496 e. The molecule has 2 heterocycles. The highest BCUT2D eigenvalue weighted by Crippen LogP contribution is 2.60. The summed E-state index contributed by atoms with van der Waals surface area (Å²) in [6.07, 6.45) is -0.930. The van der Waals surface area contributed by atoms with Crippen LogP contribution in [0.4, 0.5) is 32.3 Å². The van der Waals surface area contributed by atoms with Crippen LogP contribution in [0.25, 0.3) is 0 Å². The van der Waals surface area contributed by atoms with E-state index in [0.717, 1.165) is 22.4 Å². The third-order valence-corrected chi connectivity index (χ3v) is 7.73. The zero-order chi connectivity index (χ0) is 32.7. The Morgan fingerprint density at radius 3 is 1.93 bits per heavy atom. The fourth-order valence-electron chi connectivity index (χ4n) is 6.11. The Balaban J connectivity index is 1.63. The number of hydrogen-bond donors (Lipinski definition) is 2. The second kappa shape index (κ2) is 11.8. The number of carbonyl (C=O) groups excluding carboxylic acids is 2. The smallest absolute Gasteiger partial charge is 0.412 e. The lowest BCUT2D eigenvalue weighted by atomic mass is 9.73. The lowest BCUT2D eigenvalue weighted by molar-refractivity contribution is 0.0624. The maximum atomic E-state index is 12.7. The maximum Gasteiger partial charge on any atom is 0.412 e. The van der Waals surface area contributed by atoms with Gasteiger partial charge in [0.25, 0.3) is 0 Å². The van der Waals surface area contributed by atoms with E-state index in [4.69, 9.17) is 23.7 Å². The van der Waals surface area contributed by atoms with Gasteiger partial charge in [-0.1, -0.05) is 12.1 Å². The van der Waals surface area contributed by atoms with Crippen molar-refractivity contribution >= 4 is 34.9 Å². The van der Waals surface area contributed by atoms with Gasteiger partial charge in [-0.25, -0.2) is 9.59 Å². The molecule has 0 aromatic heterocycles. The number of amides is 2. The predicted octanol–water partition coefficient (Wildman–Crippen LogP) is 7.89. The fraction of sp³-hybridized carbons (Fsp3) is 0.429. The monoisotopic (exact) mass is 617 g/mol. The van der Waals surface area contributed by atoms with Gasteiger partial charge in [-0.2, -0.15) is 0 Å². The second-order valence-corrected chi connectivity index (χ2v) is 13.4. The summed E-state index contributed by atoms with van der Waals surface area (Å²) in [5.74, 6) is 1.27. The van der Waals surface area contributed by atoms with Gasteiger partial charge in [-0.3, -0.25) is 10.6 Å². The molecule has 0 unspecified atom stereocenters. The number of aryl methyl sites for hydroxylation is 1. The minimum absolute atomic E-state index is 0.486. The van der Waals surface area contributed by atoms with Crippen LogP contribution in [0.5, 0.6) is 11.5 Å². The highest BCUT2D eigenvalue weighted by atomic mass is 16.6. The molecule has 240 valence electrons. The Hall–Kier alpha value is -4.44. The van der Waals surface area contributed by atoms with E-state index in [-0.39, 0.29) is 0 Å². The van der Waals surface area contributed by atoms with Crippen molar-refractivity contribution in [3.63, 3.8) is 0 Å². The van der Waals surface area contributed by atoms with Gasteiger partial charge in [-0.15, -0.1) is 0 Å². The van der Waals surface area contributed by atoms with E-state index in [9.17, 15) is 9.59 Å². The van der Waals surface area contributed by atoms with E-state index in [1.54, 1.807) is 26.4 Å². The highest BCUT2D eigenvalue weighted by Gasteiger charge is 2.58. The molecule has 3 aromatic rings. The van der Waals surface area contributed by atoms with Crippen LogP contribution in [-0.4, -0.2) is 50.4 Å². The number of ether oxygens (including phenoxy) is 5. The van der Waals surface area contributed by atoms with Crippen LogP contribution in [0.3, 0.4) is 0 Å². The molecule has 1 fully saturated rings. The van der Waals surface area contributed by atoms with Crippen molar-refractivity contribution in [2.75, 3.05) is 36.4 Å². The standard InChI is InChI=1S/C35H43N3O7/c1-21-10-13-24-26(18-21)38(27-20-23(12-15-29(27)42-9)37-32(40)45-34(5,6)7)30-35(24,16-17-43-30)25-19-22(11-14-28(25)41-8)36-31(39)44-33(2,3)4/h10-15,18-20,30H,16-17H2,1-9H3,(H,36,39)(H,37,40)/t30-,35-/m1/s1. The molecule has 10 heteroatoms. The molecule has 5 rings (SSSR count). The van der Waals surface area contributed by atoms with Gasteiger partial charge in [0, 0.05) is 22.6 Å². The van der Waals surface area contributed by atoms with Crippen molar-refractivity contribution in [1.82, 2.24) is 0 Å². The number of hydrogen-bond acceptors (Lipinski definition) is 8. The lowest BCUT2D eigenvalue weighted by Crippen LogP contribution is -2.41. The average Bonchev–Trinajstić information content (AvgIpc) is 3.47. The zero-order valence-corrected chi connectivity index (χ0v) is 27.5. The Labute approximate surface area is 264 Å². The van der Waals surface area contributed by atoms with Gasteiger partial charge < -0.3 is 28.6 Å². The maximum absolute atomic E-state index is 12.7. The van der Waals surface area contributed by atoms with E-state index in [1.165, 1.54) is 0 Å². The van der Waals surface area contributed by atoms with Crippen LogP contribution in [0.2, 0.25) is 0 Å². The quantitative estimate of drug-likeness (QED) is 0.288. The van der Waals surface area contributed by atoms with E-state index in [0.29, 0.717) is 41.6 Å². The molecule has 45 heavy (non-hydrogen) atoms. The number of rotatable bonds is 6. The molecule has 0 aliphatic carbocycles. The summed E-state index contributed by atoms with van der Waals surface area (Å²) in [4.78, 5) is 27.5. The van der Waals surface area contributed by atoms with Gasteiger partial charge in [0.2, 0.25) is 0 Å². The van der Waals surface area contributed by atoms with Gasteiger partial charge in [0.05, 0.1) is 31.9 Å². The number of benzene rings is 3. The Morgan fingerprint density at radius 2 is 1.36 bits per heavy atom. The number of methoxy groups -OCH3 is 2. The van der Waals surface area contributed by atoms with Crippen LogP contribution < -0.4 is 25.0 Å². The molecule has 2 amide bonds. The third-order valence-electron chi connectivity index (χ3n) is 7.73. The summed E-state index contributed by atoms with van der Waals surface area (Å²) in [6, 6.07) is 17.4. The number of fused-ring (bicyclic) bond motifs is 3. The third kappa shape index (κ3) is 6.38. The molecule has 2 atom stereocenters. The number of nitrogens with one attached hydrogen (secondary N) is 2. The largest absolute Gasteiger partial charge is 0.496 e. The molecule has 1 saturated heterocycles. The van der Waals surface area contributed by atoms with E-state index < -0.39 is 35.0 Å². The summed E-state index contributed by atoms with van der Waals surface area (Å²) >= 11 is 0. The predicted molar refractivity (Wildman–Crippen MR) is 174 cm³/mol. The fourth-order valence-corrected chi connectivity index (χ4v) is 6.11. The topological polar surface area (TPSA) is 108 Å². The van der Waals surface area contributed by atoms with Crippen LogP contribution >= 0.6 is 0 Å². The van der Waals surface area contributed by atoms with Crippen LogP contribution in [0.1, 0.15) is 64.7 Å². The van der Waals surface area contributed by atoms with Crippen molar-refractivity contribution < 1.29 is 33.3 Å². The van der Waals surface area contributed by atoms with Crippen molar-refractivity contribution in [1.29, 1.82) is 0 Å². The minimum atomic E-state index is -0.667. The first-order valence-electron chi connectivity index (χ1n) is 15.0. The summed E-state index contributed by atoms with van der Waals surface area (Å²) in [7, 11) is 3.25. The molecule has 2 aliphatic heterocycles. The van der Waals surface area contributed by atoms with Gasteiger partial charge in [0.15, 0.2) is 0 Å². The Kier molecular flexibility index (Phi) is 8.39. The molecule has 2 aliphatic rings. The van der Waals surface area contributed by atoms with E-state index in [1.807, 2.05) is 72.7 Å². The molecule has 10 nitrogen and oxygen atoms in total. The SMILES string of the molecule is COc1ccc(NC(=O)OC(C)(C)C)cc1N1c2cc(C)ccc2[C@@]2(c3cc(NC(=O)OC(C)(C)C)ccc3OC)CCO[C@@H]12. The summed E-state index contributed by atoms with van der Waals surface area (Å²) in [5.41, 5.74) is 3.83. The molecular formula is C35H43N3O7. The van der Waals surface area contributed by atoms with E-state index in [2.05, 4.69) is 33.7 Å². The van der Waals surface area contributed by atoms with Crippen molar-refractivity contribution in [3.8, 4) is 11.5 Å². The molecule has 0 radical (unpaired) electrons. The van der Waals surface area contributed by atoms with Gasteiger partial charge >= 0.3 is 12.2 Å². The molecule has 0 saturated carbocycles. The molecule has 3 aromatic carbocycles. The van der Waals surface area contributed by atoms with Crippen LogP contribution in [0, 0.1) is 6.92 Å².